The van der Waals surface area contributed by atoms with E-state index in [0.29, 0.717) is 26.9 Å². The van der Waals surface area contributed by atoms with Gasteiger partial charge < -0.3 is 15.4 Å². The van der Waals surface area contributed by atoms with E-state index in [1.54, 1.807) is 36.4 Å². The van der Waals surface area contributed by atoms with Crippen LogP contribution >= 0.6 is 11.3 Å². The Labute approximate surface area is 209 Å². The van der Waals surface area contributed by atoms with Gasteiger partial charge in [-0.25, -0.2) is 14.1 Å². The van der Waals surface area contributed by atoms with Crippen LogP contribution in [0.3, 0.4) is 0 Å². The standard InChI is InChI=1S/C26H18FN5O3S/c27-19-14-17(10-11-21(19)32-16-28-15-29-32)30-25(33)23-12-13-24(36-23)26(34)31-20-8-4-5-9-22(20)35-18-6-2-1-3-7-18/h1-16H,(H,30,33)(H,31,34). The van der Waals surface area contributed by atoms with Crippen molar-refractivity contribution < 1.29 is 18.7 Å². The molecule has 0 aliphatic rings. The smallest absolute Gasteiger partial charge is 0.265 e. The van der Waals surface area contributed by atoms with E-state index in [9.17, 15) is 14.0 Å². The molecule has 10 heteroatoms. The third-order valence-corrected chi connectivity index (χ3v) is 6.11. The van der Waals surface area contributed by atoms with Crippen molar-refractivity contribution in [2.75, 3.05) is 10.6 Å². The average Bonchev–Trinajstić information content (AvgIpc) is 3.59. The van der Waals surface area contributed by atoms with Gasteiger partial charge in [0.2, 0.25) is 0 Å². The van der Waals surface area contributed by atoms with Gasteiger partial charge >= 0.3 is 0 Å². The molecule has 2 aromatic heterocycles. The quantitative estimate of drug-likeness (QED) is 0.297. The maximum atomic E-state index is 14.5. The Balaban J connectivity index is 1.26. The third kappa shape index (κ3) is 5.13. The Bertz CT molecular complexity index is 1520. The first kappa shape index (κ1) is 22.9. The minimum Gasteiger partial charge on any atom is -0.455 e. The highest BCUT2D eigenvalue weighted by molar-refractivity contribution is 7.16. The lowest BCUT2D eigenvalue weighted by Crippen LogP contribution is -2.12. The van der Waals surface area contributed by atoms with Gasteiger partial charge in [0, 0.05) is 5.69 Å². The lowest BCUT2D eigenvalue weighted by molar-refractivity contribution is 0.102. The van der Waals surface area contributed by atoms with Crippen molar-refractivity contribution in [1.29, 1.82) is 0 Å². The van der Waals surface area contributed by atoms with Crippen molar-refractivity contribution in [3.05, 3.63) is 113 Å². The number of hydrogen-bond acceptors (Lipinski definition) is 6. The molecule has 0 aliphatic heterocycles. The molecule has 0 spiro atoms. The summed E-state index contributed by atoms with van der Waals surface area (Å²) < 4.78 is 21.6. The number of thiophene rings is 1. The number of amides is 2. The fourth-order valence-electron chi connectivity index (χ4n) is 3.34. The van der Waals surface area contributed by atoms with Crippen molar-refractivity contribution in [3.63, 3.8) is 0 Å². The number of para-hydroxylation sites is 3. The number of rotatable bonds is 7. The predicted molar refractivity (Wildman–Crippen MR) is 135 cm³/mol. The Kier molecular flexibility index (Phi) is 6.50. The molecule has 2 heterocycles. The van der Waals surface area contributed by atoms with Crippen LogP contribution < -0.4 is 15.4 Å². The molecule has 0 fully saturated rings. The first-order valence-corrected chi connectivity index (χ1v) is 11.6. The molecule has 8 nitrogen and oxygen atoms in total. The molecule has 2 amide bonds. The molecule has 3 aromatic carbocycles. The number of anilines is 2. The van der Waals surface area contributed by atoms with Gasteiger partial charge in [0.1, 0.15) is 24.1 Å². The highest BCUT2D eigenvalue weighted by Crippen LogP contribution is 2.30. The van der Waals surface area contributed by atoms with Crippen LogP contribution in [0, 0.1) is 5.82 Å². The zero-order valence-electron chi connectivity index (χ0n) is 18.6. The molecule has 0 atom stereocenters. The first-order chi connectivity index (χ1) is 17.6. The van der Waals surface area contributed by atoms with Gasteiger partial charge in [0.25, 0.3) is 11.8 Å². The summed E-state index contributed by atoms with van der Waals surface area (Å²) in [5.41, 5.74) is 0.971. The van der Waals surface area contributed by atoms with Crippen LogP contribution in [0.15, 0.2) is 97.6 Å². The second kappa shape index (κ2) is 10.2. The molecular formula is C26H18FN5O3S. The van der Waals surface area contributed by atoms with Crippen molar-refractivity contribution >= 4 is 34.5 Å². The normalized spacial score (nSPS) is 10.6. The van der Waals surface area contributed by atoms with Crippen molar-refractivity contribution in [3.8, 4) is 17.2 Å². The van der Waals surface area contributed by atoms with E-state index in [-0.39, 0.29) is 17.3 Å². The number of halogens is 1. The van der Waals surface area contributed by atoms with Crippen molar-refractivity contribution in [1.82, 2.24) is 14.8 Å². The lowest BCUT2D eigenvalue weighted by Gasteiger charge is -2.11. The zero-order chi connectivity index (χ0) is 24.9. The number of carbonyl (C=O) groups is 2. The molecule has 5 aromatic rings. The number of hydrogen-bond donors (Lipinski definition) is 2. The zero-order valence-corrected chi connectivity index (χ0v) is 19.4. The van der Waals surface area contributed by atoms with Crippen LogP contribution in [-0.2, 0) is 0 Å². The van der Waals surface area contributed by atoms with Crippen LogP contribution in [0.2, 0.25) is 0 Å². The summed E-state index contributed by atoms with van der Waals surface area (Å²) in [6.45, 7) is 0. The topological polar surface area (TPSA) is 98.1 Å². The summed E-state index contributed by atoms with van der Waals surface area (Å²) in [7, 11) is 0. The Morgan fingerprint density at radius 1 is 0.861 bits per heavy atom. The van der Waals surface area contributed by atoms with Crippen LogP contribution in [0.25, 0.3) is 5.69 Å². The largest absolute Gasteiger partial charge is 0.455 e. The summed E-state index contributed by atoms with van der Waals surface area (Å²) in [5, 5.41) is 9.37. The molecule has 36 heavy (non-hydrogen) atoms. The Hall–Kier alpha value is -4.83. The van der Waals surface area contributed by atoms with Gasteiger partial charge in [-0.2, -0.15) is 5.10 Å². The van der Waals surface area contributed by atoms with Crippen LogP contribution in [0.4, 0.5) is 15.8 Å². The molecule has 0 bridgehead atoms. The van der Waals surface area contributed by atoms with Crippen molar-refractivity contribution in [2.45, 2.75) is 0 Å². The van der Waals surface area contributed by atoms with Crippen LogP contribution in [0.5, 0.6) is 11.5 Å². The SMILES string of the molecule is O=C(Nc1ccc(-n2cncn2)c(F)c1)c1ccc(C(=O)Nc2ccccc2Oc2ccccc2)s1. The molecule has 0 aliphatic carbocycles. The lowest BCUT2D eigenvalue weighted by atomic mass is 10.2. The highest BCUT2D eigenvalue weighted by atomic mass is 32.1. The van der Waals surface area contributed by atoms with Gasteiger partial charge in [-0.3, -0.25) is 9.59 Å². The number of nitrogens with zero attached hydrogens (tertiary/aromatic N) is 3. The van der Waals surface area contributed by atoms with Gasteiger partial charge in [-0.15, -0.1) is 11.3 Å². The molecule has 0 radical (unpaired) electrons. The predicted octanol–water partition coefficient (Wildman–Crippen LogP) is 5.76. The minimum absolute atomic E-state index is 0.206. The minimum atomic E-state index is -0.569. The maximum absolute atomic E-state index is 14.5. The molecule has 0 unspecified atom stereocenters. The summed E-state index contributed by atoms with van der Waals surface area (Å²) in [6, 6.07) is 23.6. The summed E-state index contributed by atoms with van der Waals surface area (Å²) in [4.78, 5) is 30.0. The first-order valence-electron chi connectivity index (χ1n) is 10.8. The van der Waals surface area contributed by atoms with E-state index in [0.717, 1.165) is 11.3 Å². The van der Waals surface area contributed by atoms with E-state index >= 15 is 0 Å². The van der Waals surface area contributed by atoms with E-state index < -0.39 is 11.7 Å². The van der Waals surface area contributed by atoms with E-state index in [4.69, 9.17) is 4.74 Å². The third-order valence-electron chi connectivity index (χ3n) is 5.03. The molecule has 0 saturated carbocycles. The van der Waals surface area contributed by atoms with Gasteiger partial charge in [-0.05, 0) is 54.6 Å². The van der Waals surface area contributed by atoms with E-state index in [1.165, 1.54) is 29.5 Å². The highest BCUT2D eigenvalue weighted by Gasteiger charge is 2.17. The number of carbonyl (C=O) groups excluding carboxylic acids is 2. The molecule has 0 saturated heterocycles. The van der Waals surface area contributed by atoms with E-state index in [2.05, 4.69) is 20.7 Å². The Morgan fingerprint density at radius 2 is 1.58 bits per heavy atom. The van der Waals surface area contributed by atoms with Gasteiger partial charge in [-0.1, -0.05) is 30.3 Å². The molecular weight excluding hydrogens is 481 g/mol. The average molecular weight is 500 g/mol. The van der Waals surface area contributed by atoms with Crippen LogP contribution in [-0.4, -0.2) is 26.6 Å². The summed E-state index contributed by atoms with van der Waals surface area (Å²) in [5.74, 6) is -0.282. The summed E-state index contributed by atoms with van der Waals surface area (Å²) >= 11 is 1.02. The second-order valence-corrected chi connectivity index (χ2v) is 8.57. The number of benzene rings is 3. The number of aromatic nitrogens is 3. The summed E-state index contributed by atoms with van der Waals surface area (Å²) in [6.07, 6.45) is 2.68. The molecule has 5 rings (SSSR count). The van der Waals surface area contributed by atoms with E-state index in [1.807, 2.05) is 36.4 Å². The monoisotopic (exact) mass is 499 g/mol. The molecule has 2 N–H and O–H groups in total. The maximum Gasteiger partial charge on any atom is 0.265 e. The van der Waals surface area contributed by atoms with Crippen molar-refractivity contribution in [2.24, 2.45) is 0 Å². The fraction of sp³-hybridized carbons (Fsp3) is 0. The molecule has 178 valence electrons. The second-order valence-electron chi connectivity index (χ2n) is 7.49. The van der Waals surface area contributed by atoms with Crippen LogP contribution in [0.1, 0.15) is 19.3 Å². The number of ether oxygens (including phenoxy) is 1. The Morgan fingerprint density at radius 3 is 2.31 bits per heavy atom. The van der Waals surface area contributed by atoms with Gasteiger partial charge in [0.05, 0.1) is 15.4 Å². The number of nitrogens with one attached hydrogen (secondary N) is 2. The van der Waals surface area contributed by atoms with Gasteiger partial charge in [0.15, 0.2) is 11.6 Å². The fourth-order valence-corrected chi connectivity index (χ4v) is 4.13.